The van der Waals surface area contributed by atoms with Gasteiger partial charge in [-0.2, -0.15) is 0 Å². The smallest absolute Gasteiger partial charge is 0.320 e. The highest BCUT2D eigenvalue weighted by atomic mass is 31.2. The molecule has 0 heterocycles. The Bertz CT molecular complexity index is 483. The lowest BCUT2D eigenvalue weighted by molar-refractivity contribution is -0.141. The van der Waals surface area contributed by atoms with E-state index in [2.05, 4.69) is 0 Å². The van der Waals surface area contributed by atoms with Crippen molar-refractivity contribution in [1.29, 1.82) is 5.41 Å². The van der Waals surface area contributed by atoms with Crippen molar-refractivity contribution >= 4 is 31.1 Å². The number of carbonyl (C=O) groups is 3. The minimum atomic E-state index is -3.96. The van der Waals surface area contributed by atoms with E-state index in [-0.39, 0.29) is 19.3 Å². The van der Waals surface area contributed by atoms with Crippen LogP contribution in [0, 0.1) is 11.3 Å². The second-order valence-electron chi connectivity index (χ2n) is 5.52. The number of carboxylic acid groups (broad SMARTS) is 3. The van der Waals surface area contributed by atoms with Crippen molar-refractivity contribution in [3.05, 3.63) is 0 Å². The van der Waals surface area contributed by atoms with Crippen molar-refractivity contribution in [2.24, 2.45) is 11.7 Å². The zero-order valence-electron chi connectivity index (χ0n) is 13.1. The van der Waals surface area contributed by atoms with Gasteiger partial charge in [0.2, 0.25) is 5.45 Å². The predicted molar refractivity (Wildman–Crippen MR) is 86.0 cm³/mol. The first kappa shape index (κ1) is 22.4. The SMILES string of the molecule is N=C(CCC(=O)O)[P+](O)(O)CC(CCCCC(N)C(=O)O)C(=O)O. The summed E-state index contributed by atoms with van der Waals surface area (Å²) in [6.45, 7) is 0. The quantitative estimate of drug-likeness (QED) is 0.136. The van der Waals surface area contributed by atoms with E-state index in [4.69, 9.17) is 26.5 Å². The van der Waals surface area contributed by atoms with Crippen molar-refractivity contribution in [2.75, 3.05) is 6.16 Å². The third kappa shape index (κ3) is 8.88. The summed E-state index contributed by atoms with van der Waals surface area (Å²) >= 11 is 0. The van der Waals surface area contributed by atoms with Crippen molar-refractivity contribution < 1.29 is 39.5 Å². The van der Waals surface area contributed by atoms with Gasteiger partial charge in [0.05, 0.1) is 12.3 Å². The average Bonchev–Trinajstić information content (AvgIpc) is 2.46. The lowest BCUT2D eigenvalue weighted by Gasteiger charge is -2.17. The molecule has 0 rings (SSSR count). The van der Waals surface area contributed by atoms with Crippen molar-refractivity contribution in [3.63, 3.8) is 0 Å². The molecule has 0 aromatic heterocycles. The van der Waals surface area contributed by atoms with Gasteiger partial charge in [0.1, 0.15) is 12.2 Å². The normalized spacial score (nSPS) is 14.0. The van der Waals surface area contributed by atoms with Gasteiger partial charge in [0, 0.05) is 6.42 Å². The van der Waals surface area contributed by atoms with E-state index in [0.717, 1.165) is 0 Å². The summed E-state index contributed by atoms with van der Waals surface area (Å²) in [4.78, 5) is 52.1. The summed E-state index contributed by atoms with van der Waals surface area (Å²) in [5, 5.41) is 33.9. The molecule has 24 heavy (non-hydrogen) atoms. The van der Waals surface area contributed by atoms with Crippen LogP contribution >= 0.6 is 7.72 Å². The molecule has 2 unspecified atom stereocenters. The Morgan fingerprint density at radius 1 is 0.958 bits per heavy atom. The zero-order valence-corrected chi connectivity index (χ0v) is 14.0. The van der Waals surface area contributed by atoms with Crippen molar-refractivity contribution in [3.8, 4) is 0 Å². The fraction of sp³-hybridized carbons (Fsp3) is 0.692. The Morgan fingerprint density at radius 3 is 1.96 bits per heavy atom. The molecule has 0 bridgehead atoms. The third-order valence-electron chi connectivity index (χ3n) is 3.47. The molecule has 10 nitrogen and oxygen atoms in total. The summed E-state index contributed by atoms with van der Waals surface area (Å²) in [7, 11) is -3.96. The topological polar surface area (TPSA) is 202 Å². The maximum Gasteiger partial charge on any atom is 0.320 e. The molecule has 2 atom stereocenters. The summed E-state index contributed by atoms with van der Waals surface area (Å²) in [6, 6.07) is -1.03. The fourth-order valence-electron chi connectivity index (χ4n) is 1.99. The first-order valence-electron chi connectivity index (χ1n) is 7.32. The van der Waals surface area contributed by atoms with Crippen LogP contribution in [-0.2, 0) is 14.4 Å². The highest BCUT2D eigenvalue weighted by molar-refractivity contribution is 7.81. The molecule has 0 spiro atoms. The lowest BCUT2D eigenvalue weighted by Crippen LogP contribution is -2.29. The van der Waals surface area contributed by atoms with Gasteiger partial charge >= 0.3 is 25.6 Å². The van der Waals surface area contributed by atoms with Crippen molar-refractivity contribution in [1.82, 2.24) is 0 Å². The number of carboxylic acids is 3. The standard InChI is InChI=1S/C13H23N2O8P/c14-9(13(20)21)4-2-1-3-8(12(18)19)7-24(22,23)10(15)5-6-11(16)17/h8-9,15,22-23H,1-7,14H2,(H2-,16,17,18,19,20,21)/p+1. The summed E-state index contributed by atoms with van der Waals surface area (Å²) < 4.78 is 0. The summed E-state index contributed by atoms with van der Waals surface area (Å²) in [5.41, 5.74) is 4.77. The molecule has 8 N–H and O–H groups in total. The molecule has 0 saturated heterocycles. The maximum absolute atomic E-state index is 11.2. The van der Waals surface area contributed by atoms with Gasteiger partial charge in [-0.15, -0.1) is 0 Å². The molecule has 0 aliphatic carbocycles. The minimum absolute atomic E-state index is 0.0801. The van der Waals surface area contributed by atoms with Crippen molar-refractivity contribution in [2.45, 2.75) is 44.6 Å². The van der Waals surface area contributed by atoms with Gasteiger partial charge in [-0.05, 0) is 12.8 Å². The second-order valence-corrected chi connectivity index (χ2v) is 7.88. The number of hydrogen-bond donors (Lipinski definition) is 7. The largest absolute Gasteiger partial charge is 0.481 e. The zero-order chi connectivity index (χ0) is 18.9. The Morgan fingerprint density at radius 2 is 1.50 bits per heavy atom. The molecule has 138 valence electrons. The van der Waals surface area contributed by atoms with Crippen LogP contribution in [0.25, 0.3) is 0 Å². The molecule has 0 saturated carbocycles. The lowest BCUT2D eigenvalue weighted by atomic mass is 10.0. The molecular formula is C13H24N2O8P+. The molecule has 0 fully saturated rings. The molecule has 11 heteroatoms. The molecule has 0 radical (unpaired) electrons. The van der Waals surface area contributed by atoms with Gasteiger partial charge < -0.3 is 21.1 Å². The Hall–Kier alpha value is -1.61. The molecule has 0 aromatic rings. The molecular weight excluding hydrogens is 343 g/mol. The average molecular weight is 367 g/mol. The number of nitrogens with one attached hydrogen (secondary N) is 1. The highest BCUT2D eigenvalue weighted by Gasteiger charge is 2.44. The summed E-state index contributed by atoms with van der Waals surface area (Å²) in [6.07, 6.45) is -0.365. The van der Waals surface area contributed by atoms with Crippen LogP contribution in [0.1, 0.15) is 38.5 Å². The Balaban J connectivity index is 4.50. The van der Waals surface area contributed by atoms with Gasteiger partial charge in [-0.1, -0.05) is 12.8 Å². The molecule has 0 aliphatic heterocycles. The molecule has 0 aromatic carbocycles. The van der Waals surface area contributed by atoms with Crippen LogP contribution in [-0.4, -0.2) is 60.7 Å². The van der Waals surface area contributed by atoms with Crippen LogP contribution in [0.3, 0.4) is 0 Å². The third-order valence-corrected chi connectivity index (χ3v) is 5.51. The Kier molecular flexibility index (Phi) is 9.60. The van der Waals surface area contributed by atoms with Crippen LogP contribution < -0.4 is 5.73 Å². The van der Waals surface area contributed by atoms with E-state index in [1.54, 1.807) is 0 Å². The van der Waals surface area contributed by atoms with Crippen LogP contribution in [0.4, 0.5) is 0 Å². The Labute approximate surface area is 139 Å². The van der Waals surface area contributed by atoms with Crippen LogP contribution in [0.2, 0.25) is 0 Å². The van der Waals surface area contributed by atoms with E-state index in [9.17, 15) is 24.2 Å². The molecule has 0 aliphatic rings. The minimum Gasteiger partial charge on any atom is -0.481 e. The highest BCUT2D eigenvalue weighted by Crippen LogP contribution is 2.54. The van der Waals surface area contributed by atoms with Gasteiger partial charge in [-0.25, -0.2) is 9.79 Å². The van der Waals surface area contributed by atoms with Crippen LogP contribution in [0.5, 0.6) is 0 Å². The monoisotopic (exact) mass is 367 g/mol. The van der Waals surface area contributed by atoms with E-state index in [1.807, 2.05) is 0 Å². The number of nitrogens with two attached hydrogens (primary N) is 1. The summed E-state index contributed by atoms with van der Waals surface area (Å²) in [5.74, 6) is -4.70. The van der Waals surface area contributed by atoms with Gasteiger partial charge in [-0.3, -0.25) is 19.8 Å². The van der Waals surface area contributed by atoms with E-state index < -0.39 is 55.6 Å². The first-order chi connectivity index (χ1) is 11.0. The number of aliphatic carboxylic acids is 3. The number of unbranched alkanes of at least 4 members (excludes halogenated alkanes) is 1. The van der Waals surface area contributed by atoms with Gasteiger partial charge in [0.25, 0.3) is 0 Å². The fourth-order valence-corrected chi connectivity index (χ4v) is 3.64. The van der Waals surface area contributed by atoms with E-state index >= 15 is 0 Å². The predicted octanol–water partition coefficient (Wildman–Crippen LogP) is 0.334. The van der Waals surface area contributed by atoms with Gasteiger partial charge in [0.15, 0.2) is 0 Å². The van der Waals surface area contributed by atoms with E-state index in [1.165, 1.54) is 0 Å². The first-order valence-corrected chi connectivity index (χ1v) is 9.20. The molecule has 0 amide bonds. The number of rotatable bonds is 13. The second kappa shape index (κ2) is 10.3. The van der Waals surface area contributed by atoms with E-state index in [0.29, 0.717) is 12.8 Å². The maximum atomic E-state index is 11.2. The number of hydrogen-bond acceptors (Lipinski definition) is 7. The van der Waals surface area contributed by atoms with Crippen LogP contribution in [0.15, 0.2) is 0 Å².